The number of hydrogen-bond donors (Lipinski definition) is 0. The maximum absolute atomic E-state index is 13.7. The first kappa shape index (κ1) is 13.1. The molecule has 0 aromatic heterocycles. The van der Waals surface area contributed by atoms with Gasteiger partial charge in [-0.1, -0.05) is 35.5 Å². The van der Waals surface area contributed by atoms with Crippen molar-refractivity contribution in [1.82, 2.24) is 0 Å². The van der Waals surface area contributed by atoms with Crippen molar-refractivity contribution in [2.24, 2.45) is 0 Å². The molecule has 2 aromatic carbocycles. The number of carbonyl (C=O) groups is 1. The van der Waals surface area contributed by atoms with Crippen LogP contribution in [-0.2, 0) is 0 Å². The Morgan fingerprint density at radius 2 is 1.72 bits per heavy atom. The van der Waals surface area contributed by atoms with Crippen molar-refractivity contribution in [3.8, 4) is 0 Å². The van der Waals surface area contributed by atoms with E-state index < -0.39 is 11.6 Å². The Labute approximate surface area is 112 Å². The van der Waals surface area contributed by atoms with Crippen LogP contribution in [-0.4, -0.2) is 6.29 Å². The van der Waals surface area contributed by atoms with Crippen molar-refractivity contribution in [1.29, 1.82) is 0 Å². The van der Waals surface area contributed by atoms with Gasteiger partial charge in [0, 0.05) is 10.5 Å². The van der Waals surface area contributed by atoms with E-state index in [1.54, 1.807) is 24.3 Å². The normalized spacial score (nSPS) is 10.4. The topological polar surface area (TPSA) is 17.1 Å². The zero-order valence-corrected chi connectivity index (χ0v) is 10.6. The highest BCUT2D eigenvalue weighted by Crippen LogP contribution is 2.36. The zero-order chi connectivity index (χ0) is 13.1. The highest BCUT2D eigenvalue weighted by atomic mass is 35.5. The van der Waals surface area contributed by atoms with E-state index in [9.17, 15) is 13.6 Å². The van der Waals surface area contributed by atoms with Crippen molar-refractivity contribution >= 4 is 29.6 Å². The van der Waals surface area contributed by atoms with Gasteiger partial charge >= 0.3 is 0 Å². The van der Waals surface area contributed by atoms with Crippen molar-refractivity contribution in [2.45, 2.75) is 9.79 Å². The van der Waals surface area contributed by atoms with Gasteiger partial charge in [-0.3, -0.25) is 4.79 Å². The van der Waals surface area contributed by atoms with Crippen molar-refractivity contribution in [2.75, 3.05) is 0 Å². The molecule has 0 bridgehead atoms. The third kappa shape index (κ3) is 2.71. The van der Waals surface area contributed by atoms with Crippen LogP contribution in [0.2, 0.25) is 5.02 Å². The largest absolute Gasteiger partial charge is 0.298 e. The molecule has 0 saturated heterocycles. The summed E-state index contributed by atoms with van der Waals surface area (Å²) in [5, 5.41) is 0.417. The Bertz CT molecular complexity index is 578. The fraction of sp³-hybridized carbons (Fsp3) is 0. The van der Waals surface area contributed by atoms with Gasteiger partial charge in [0.1, 0.15) is 17.9 Å². The molecule has 0 N–H and O–H groups in total. The van der Waals surface area contributed by atoms with Crippen LogP contribution in [0, 0.1) is 11.6 Å². The number of carbonyl (C=O) groups excluding carboxylic acids is 1. The molecule has 0 radical (unpaired) electrons. The molecular formula is C13H7ClF2OS. The quantitative estimate of drug-likeness (QED) is 0.767. The molecule has 92 valence electrons. The molecule has 0 fully saturated rings. The average Bonchev–Trinajstić information content (AvgIpc) is 2.35. The number of benzene rings is 2. The molecule has 0 aliphatic carbocycles. The van der Waals surface area contributed by atoms with Crippen molar-refractivity contribution < 1.29 is 13.6 Å². The highest BCUT2D eigenvalue weighted by Gasteiger charge is 2.13. The second-order valence-corrected chi connectivity index (χ2v) is 4.92. The maximum Gasteiger partial charge on any atom is 0.150 e. The van der Waals surface area contributed by atoms with E-state index in [0.717, 1.165) is 23.9 Å². The highest BCUT2D eigenvalue weighted by molar-refractivity contribution is 7.99. The third-order valence-corrected chi connectivity index (χ3v) is 3.82. The van der Waals surface area contributed by atoms with Gasteiger partial charge in [0.25, 0.3) is 0 Å². The number of aldehydes is 1. The lowest BCUT2D eigenvalue weighted by Gasteiger charge is -2.06. The molecule has 18 heavy (non-hydrogen) atoms. The molecule has 5 heteroatoms. The van der Waals surface area contributed by atoms with Gasteiger partial charge < -0.3 is 0 Å². The van der Waals surface area contributed by atoms with E-state index in [1.165, 1.54) is 0 Å². The first-order chi connectivity index (χ1) is 8.61. The van der Waals surface area contributed by atoms with Crippen LogP contribution in [0.3, 0.4) is 0 Å². The molecule has 2 rings (SSSR count). The standard InChI is InChI=1S/C13H7ClF2OS/c14-9-3-1-2-4-12(9)18-13-10(15)5-8(7-17)6-11(13)16/h1-7H. The number of hydrogen-bond acceptors (Lipinski definition) is 2. The van der Waals surface area contributed by atoms with E-state index in [1.807, 2.05) is 0 Å². The Morgan fingerprint density at radius 3 is 2.28 bits per heavy atom. The minimum Gasteiger partial charge on any atom is -0.298 e. The van der Waals surface area contributed by atoms with E-state index in [2.05, 4.69) is 0 Å². The van der Waals surface area contributed by atoms with Crippen molar-refractivity contribution in [3.05, 3.63) is 58.6 Å². The third-order valence-electron chi connectivity index (χ3n) is 2.21. The van der Waals surface area contributed by atoms with E-state index >= 15 is 0 Å². The molecule has 0 amide bonds. The molecule has 0 spiro atoms. The molecule has 0 unspecified atom stereocenters. The molecular weight excluding hydrogens is 278 g/mol. The van der Waals surface area contributed by atoms with Gasteiger partial charge in [-0.25, -0.2) is 8.78 Å². The summed E-state index contributed by atoms with van der Waals surface area (Å²) < 4.78 is 27.3. The number of rotatable bonds is 3. The maximum atomic E-state index is 13.7. The summed E-state index contributed by atoms with van der Waals surface area (Å²) in [4.78, 5) is 10.9. The summed E-state index contributed by atoms with van der Waals surface area (Å²) in [7, 11) is 0. The fourth-order valence-corrected chi connectivity index (χ4v) is 2.48. The Balaban J connectivity index is 2.41. The molecule has 0 aliphatic heterocycles. The van der Waals surface area contributed by atoms with Crippen LogP contribution in [0.5, 0.6) is 0 Å². The van der Waals surface area contributed by atoms with Gasteiger partial charge in [-0.2, -0.15) is 0 Å². The zero-order valence-electron chi connectivity index (χ0n) is 8.99. The van der Waals surface area contributed by atoms with Crippen LogP contribution in [0.15, 0.2) is 46.2 Å². The summed E-state index contributed by atoms with van der Waals surface area (Å²) in [6.07, 6.45) is 0.399. The second-order valence-electron chi connectivity index (χ2n) is 3.46. The van der Waals surface area contributed by atoms with Crippen molar-refractivity contribution in [3.63, 3.8) is 0 Å². The van der Waals surface area contributed by atoms with Gasteiger partial charge in [0.2, 0.25) is 0 Å². The lowest BCUT2D eigenvalue weighted by molar-refractivity contribution is 0.112. The summed E-state index contributed by atoms with van der Waals surface area (Å²) in [5.41, 5.74) is -0.0338. The smallest absolute Gasteiger partial charge is 0.150 e. The summed E-state index contributed by atoms with van der Waals surface area (Å²) in [6.45, 7) is 0. The van der Waals surface area contributed by atoms with Crippen LogP contribution >= 0.6 is 23.4 Å². The van der Waals surface area contributed by atoms with E-state index in [-0.39, 0.29) is 10.5 Å². The van der Waals surface area contributed by atoms with E-state index in [0.29, 0.717) is 16.2 Å². The molecule has 0 saturated carbocycles. The first-order valence-electron chi connectivity index (χ1n) is 4.98. The molecule has 0 atom stereocenters. The first-order valence-corrected chi connectivity index (χ1v) is 6.18. The second kappa shape index (κ2) is 5.50. The number of halogens is 3. The Kier molecular flexibility index (Phi) is 3.99. The summed E-state index contributed by atoms with van der Waals surface area (Å²) in [5.74, 6) is -1.55. The molecule has 2 aromatic rings. The van der Waals surface area contributed by atoms with Crippen LogP contribution in [0.25, 0.3) is 0 Å². The Morgan fingerprint density at radius 1 is 1.11 bits per heavy atom. The molecule has 0 aliphatic rings. The fourth-order valence-electron chi connectivity index (χ4n) is 1.38. The average molecular weight is 285 g/mol. The van der Waals surface area contributed by atoms with Gasteiger partial charge in [-0.05, 0) is 24.3 Å². The predicted octanol–water partition coefficient (Wildman–Crippen LogP) is 4.58. The van der Waals surface area contributed by atoms with Crippen LogP contribution < -0.4 is 0 Å². The van der Waals surface area contributed by atoms with Crippen LogP contribution in [0.4, 0.5) is 8.78 Å². The van der Waals surface area contributed by atoms with Gasteiger partial charge in [0.05, 0.1) is 9.92 Å². The lowest BCUT2D eigenvalue weighted by Crippen LogP contribution is -1.92. The van der Waals surface area contributed by atoms with Gasteiger partial charge in [-0.15, -0.1) is 0 Å². The van der Waals surface area contributed by atoms with Crippen LogP contribution in [0.1, 0.15) is 10.4 Å². The summed E-state index contributed by atoms with van der Waals surface area (Å²) >= 11 is 6.80. The summed E-state index contributed by atoms with van der Waals surface area (Å²) in [6, 6.07) is 8.75. The van der Waals surface area contributed by atoms with Gasteiger partial charge in [0.15, 0.2) is 0 Å². The minimum absolute atomic E-state index is 0.0338. The SMILES string of the molecule is O=Cc1cc(F)c(Sc2ccccc2Cl)c(F)c1. The minimum atomic E-state index is -0.776. The monoisotopic (exact) mass is 284 g/mol. The molecule has 0 heterocycles. The lowest BCUT2D eigenvalue weighted by atomic mass is 10.2. The predicted molar refractivity (Wildman–Crippen MR) is 67.3 cm³/mol. The Hall–Kier alpha value is -1.39. The van der Waals surface area contributed by atoms with E-state index in [4.69, 9.17) is 11.6 Å². The molecule has 1 nitrogen and oxygen atoms in total.